The highest BCUT2D eigenvalue weighted by Gasteiger charge is 2.19. The van der Waals surface area contributed by atoms with Gasteiger partial charge in [0.05, 0.1) is 10.5 Å². The van der Waals surface area contributed by atoms with Crippen LogP contribution in [0.25, 0.3) is 0 Å². The fourth-order valence-electron chi connectivity index (χ4n) is 1.03. The van der Waals surface area contributed by atoms with Gasteiger partial charge in [-0.1, -0.05) is 12.1 Å². The summed E-state index contributed by atoms with van der Waals surface area (Å²) in [5.74, 6) is 9.06. The van der Waals surface area contributed by atoms with Gasteiger partial charge in [0.15, 0.2) is 0 Å². The number of hydrogen-bond donors (Lipinski definition) is 4. The maximum Gasteiger partial charge on any atom is 0.266 e. The van der Waals surface area contributed by atoms with Crippen LogP contribution in [0.4, 0.5) is 0 Å². The maximum absolute atomic E-state index is 11.4. The molecule has 82 valence electrons. The second kappa shape index (κ2) is 4.36. The molecule has 1 aromatic rings. The van der Waals surface area contributed by atoms with E-state index in [9.17, 15) is 13.2 Å². The van der Waals surface area contributed by atoms with E-state index in [1.165, 1.54) is 24.3 Å². The topological polar surface area (TPSA) is 127 Å². The van der Waals surface area contributed by atoms with Crippen LogP contribution >= 0.6 is 0 Å². The molecule has 15 heavy (non-hydrogen) atoms. The Bertz CT molecular complexity index is 471. The molecule has 0 saturated heterocycles. The maximum atomic E-state index is 11.4. The van der Waals surface area contributed by atoms with Crippen LogP contribution < -0.4 is 21.9 Å². The Morgan fingerprint density at radius 2 is 1.80 bits per heavy atom. The van der Waals surface area contributed by atoms with Crippen molar-refractivity contribution >= 4 is 15.9 Å². The number of hydrogen-bond acceptors (Lipinski definition) is 5. The van der Waals surface area contributed by atoms with Crippen LogP contribution in [0.5, 0.6) is 0 Å². The minimum Gasteiger partial charge on any atom is -0.290 e. The fraction of sp³-hybridized carbons (Fsp3) is 0. The molecule has 0 spiro atoms. The van der Waals surface area contributed by atoms with Crippen molar-refractivity contribution < 1.29 is 13.2 Å². The molecule has 1 rings (SSSR count). The van der Waals surface area contributed by atoms with E-state index in [2.05, 4.69) is 0 Å². The first kappa shape index (κ1) is 11.6. The molecule has 0 atom stereocenters. The van der Waals surface area contributed by atoms with Crippen molar-refractivity contribution in [3.05, 3.63) is 29.8 Å². The van der Waals surface area contributed by atoms with E-state index in [0.29, 0.717) is 0 Å². The SMILES string of the molecule is NNC(=O)c1ccccc1S(=O)(=O)NN. The third-order valence-corrected chi connectivity index (χ3v) is 2.95. The van der Waals surface area contributed by atoms with Gasteiger partial charge < -0.3 is 0 Å². The van der Waals surface area contributed by atoms with Gasteiger partial charge in [-0.15, -0.1) is 0 Å². The Hall–Kier alpha value is -1.48. The van der Waals surface area contributed by atoms with E-state index in [-0.39, 0.29) is 10.5 Å². The fourth-order valence-corrected chi connectivity index (χ4v) is 1.86. The monoisotopic (exact) mass is 230 g/mol. The average molecular weight is 230 g/mol. The minimum absolute atomic E-state index is 0.0713. The molecular weight excluding hydrogens is 220 g/mol. The number of hydrazine groups is 2. The third-order valence-electron chi connectivity index (χ3n) is 1.71. The van der Waals surface area contributed by atoms with Crippen molar-refractivity contribution in [2.45, 2.75) is 4.90 Å². The Labute approximate surface area is 86.4 Å². The number of carbonyl (C=O) groups is 1. The van der Waals surface area contributed by atoms with Crippen molar-refractivity contribution in [2.75, 3.05) is 0 Å². The first-order chi connectivity index (χ1) is 7.03. The molecule has 6 N–H and O–H groups in total. The Balaban J connectivity index is 3.37. The lowest BCUT2D eigenvalue weighted by molar-refractivity contribution is 0.0950. The second-order valence-corrected chi connectivity index (χ2v) is 4.27. The highest BCUT2D eigenvalue weighted by molar-refractivity contribution is 7.89. The Morgan fingerprint density at radius 3 is 2.33 bits per heavy atom. The lowest BCUT2D eigenvalue weighted by atomic mass is 10.2. The van der Waals surface area contributed by atoms with Crippen LogP contribution in [0.2, 0.25) is 0 Å². The van der Waals surface area contributed by atoms with E-state index in [1.807, 2.05) is 5.43 Å². The molecule has 0 fully saturated rings. The van der Waals surface area contributed by atoms with E-state index < -0.39 is 15.9 Å². The molecule has 0 bridgehead atoms. The zero-order chi connectivity index (χ0) is 11.5. The molecule has 0 aliphatic heterocycles. The molecular formula is C7H10N4O3S. The molecule has 0 saturated carbocycles. The summed E-state index contributed by atoms with van der Waals surface area (Å²) in [6.45, 7) is 0. The largest absolute Gasteiger partial charge is 0.290 e. The quantitative estimate of drug-likeness (QED) is 0.284. The number of nitrogen functional groups attached to an aromatic ring is 1. The van der Waals surface area contributed by atoms with Gasteiger partial charge >= 0.3 is 0 Å². The summed E-state index contributed by atoms with van der Waals surface area (Å²) in [5.41, 5.74) is 1.77. The number of nitrogens with two attached hydrogens (primary N) is 2. The smallest absolute Gasteiger partial charge is 0.266 e. The van der Waals surface area contributed by atoms with Crippen molar-refractivity contribution in [1.29, 1.82) is 0 Å². The van der Waals surface area contributed by atoms with Gasteiger partial charge in [0.25, 0.3) is 15.9 Å². The van der Waals surface area contributed by atoms with Gasteiger partial charge in [-0.3, -0.25) is 16.1 Å². The van der Waals surface area contributed by atoms with Crippen molar-refractivity contribution in [2.24, 2.45) is 11.7 Å². The number of rotatable bonds is 3. The summed E-state index contributed by atoms with van der Waals surface area (Å²) in [6.07, 6.45) is 0. The van der Waals surface area contributed by atoms with Crippen molar-refractivity contribution in [3.8, 4) is 0 Å². The molecule has 0 heterocycles. The van der Waals surface area contributed by atoms with Crippen LogP contribution in [0.3, 0.4) is 0 Å². The number of amides is 1. The number of carbonyl (C=O) groups excluding carboxylic acids is 1. The molecule has 8 heteroatoms. The summed E-state index contributed by atoms with van der Waals surface area (Å²) in [5, 5.41) is 0. The first-order valence-corrected chi connectivity index (χ1v) is 5.33. The van der Waals surface area contributed by atoms with Gasteiger partial charge in [-0.25, -0.2) is 14.3 Å². The van der Waals surface area contributed by atoms with Gasteiger partial charge in [0, 0.05) is 0 Å². The Kier molecular flexibility index (Phi) is 3.37. The van der Waals surface area contributed by atoms with E-state index >= 15 is 0 Å². The van der Waals surface area contributed by atoms with Crippen LogP contribution in [-0.2, 0) is 10.0 Å². The predicted molar refractivity (Wildman–Crippen MR) is 52.6 cm³/mol. The normalized spacial score (nSPS) is 11.1. The summed E-state index contributed by atoms with van der Waals surface area (Å²) in [4.78, 5) is 12.6. The zero-order valence-corrected chi connectivity index (χ0v) is 8.41. The summed E-state index contributed by atoms with van der Waals surface area (Å²) < 4.78 is 22.8. The molecule has 1 amide bonds. The lowest BCUT2D eigenvalue weighted by Gasteiger charge is -2.07. The Morgan fingerprint density at radius 1 is 1.20 bits per heavy atom. The van der Waals surface area contributed by atoms with E-state index in [4.69, 9.17) is 11.7 Å². The third kappa shape index (κ3) is 2.30. The average Bonchev–Trinajstić information content (AvgIpc) is 2.28. The zero-order valence-electron chi connectivity index (χ0n) is 7.60. The summed E-state index contributed by atoms with van der Waals surface area (Å²) >= 11 is 0. The summed E-state index contributed by atoms with van der Waals surface area (Å²) in [6, 6.07) is 5.56. The van der Waals surface area contributed by atoms with Gasteiger partial charge in [0.2, 0.25) is 0 Å². The molecule has 1 aromatic carbocycles. The van der Waals surface area contributed by atoms with Crippen LogP contribution in [0.1, 0.15) is 10.4 Å². The molecule has 7 nitrogen and oxygen atoms in total. The first-order valence-electron chi connectivity index (χ1n) is 3.85. The van der Waals surface area contributed by atoms with Crippen LogP contribution in [0, 0.1) is 0 Å². The minimum atomic E-state index is -3.87. The number of sulfonamides is 1. The van der Waals surface area contributed by atoms with E-state index in [0.717, 1.165) is 0 Å². The molecule has 0 aromatic heterocycles. The molecule has 0 aliphatic carbocycles. The van der Waals surface area contributed by atoms with Crippen LogP contribution in [0.15, 0.2) is 29.2 Å². The van der Waals surface area contributed by atoms with E-state index in [1.54, 1.807) is 4.83 Å². The second-order valence-electron chi connectivity index (χ2n) is 2.59. The molecule has 0 unspecified atom stereocenters. The molecule has 0 radical (unpaired) electrons. The van der Waals surface area contributed by atoms with Crippen molar-refractivity contribution in [3.63, 3.8) is 0 Å². The van der Waals surface area contributed by atoms with Gasteiger partial charge in [-0.05, 0) is 12.1 Å². The highest BCUT2D eigenvalue weighted by Crippen LogP contribution is 2.13. The standard InChI is InChI=1S/C7H10N4O3S/c8-10-7(12)5-3-1-2-4-6(5)15(13,14)11-9/h1-4,11H,8-9H2,(H,10,12). The molecule has 0 aliphatic rings. The highest BCUT2D eigenvalue weighted by atomic mass is 32.2. The number of benzene rings is 1. The van der Waals surface area contributed by atoms with Crippen LogP contribution in [-0.4, -0.2) is 14.3 Å². The van der Waals surface area contributed by atoms with Gasteiger partial charge in [-0.2, -0.15) is 4.83 Å². The van der Waals surface area contributed by atoms with Gasteiger partial charge in [0.1, 0.15) is 0 Å². The number of nitrogens with one attached hydrogen (secondary N) is 2. The predicted octanol–water partition coefficient (Wildman–Crippen LogP) is -1.56. The van der Waals surface area contributed by atoms with Crippen molar-refractivity contribution in [1.82, 2.24) is 10.3 Å². The summed E-state index contributed by atoms with van der Waals surface area (Å²) in [7, 11) is -3.87. The lowest BCUT2D eigenvalue weighted by Crippen LogP contribution is -2.35.